The molecule has 1 heterocycles. The van der Waals surface area contributed by atoms with Crippen LogP contribution < -0.4 is 5.32 Å². The molecule has 0 aliphatic heterocycles. The number of unbranched alkanes of at least 4 members (excludes halogenated alkanes) is 2. The fourth-order valence-electron chi connectivity index (χ4n) is 1.35. The van der Waals surface area contributed by atoms with E-state index in [0.717, 1.165) is 13.1 Å². The molecule has 0 aromatic carbocycles. The SMILES string of the molecule is CCCCCNc1ccn(CC)c1. The van der Waals surface area contributed by atoms with Crippen molar-refractivity contribution in [2.75, 3.05) is 11.9 Å². The highest BCUT2D eigenvalue weighted by atomic mass is 15.0. The molecule has 1 rings (SSSR count). The smallest absolute Gasteiger partial charge is 0.0519 e. The number of rotatable bonds is 6. The molecular weight excluding hydrogens is 160 g/mol. The lowest BCUT2D eigenvalue weighted by molar-refractivity contribution is 0.742. The second kappa shape index (κ2) is 5.68. The highest BCUT2D eigenvalue weighted by Gasteiger charge is 1.93. The summed E-state index contributed by atoms with van der Waals surface area (Å²) in [6, 6.07) is 2.13. The number of anilines is 1. The molecule has 1 aromatic heterocycles. The third-order valence-electron chi connectivity index (χ3n) is 2.23. The van der Waals surface area contributed by atoms with E-state index in [2.05, 4.69) is 42.2 Å². The third kappa shape index (κ3) is 3.53. The Kier molecular flexibility index (Phi) is 4.44. The second-order valence-electron chi connectivity index (χ2n) is 3.36. The van der Waals surface area contributed by atoms with Gasteiger partial charge in [0, 0.05) is 25.5 Å². The van der Waals surface area contributed by atoms with Gasteiger partial charge in [0.2, 0.25) is 0 Å². The van der Waals surface area contributed by atoms with Gasteiger partial charge < -0.3 is 9.88 Å². The van der Waals surface area contributed by atoms with Gasteiger partial charge in [0.1, 0.15) is 0 Å². The lowest BCUT2D eigenvalue weighted by atomic mass is 10.2. The maximum absolute atomic E-state index is 3.41. The van der Waals surface area contributed by atoms with Crippen molar-refractivity contribution in [3.8, 4) is 0 Å². The Bertz CT molecular complexity index is 228. The molecule has 2 heteroatoms. The van der Waals surface area contributed by atoms with E-state index < -0.39 is 0 Å². The summed E-state index contributed by atoms with van der Waals surface area (Å²) in [7, 11) is 0. The largest absolute Gasteiger partial charge is 0.384 e. The van der Waals surface area contributed by atoms with Crippen LogP contribution in [0.3, 0.4) is 0 Å². The number of hydrogen-bond acceptors (Lipinski definition) is 1. The molecule has 0 aliphatic carbocycles. The maximum atomic E-state index is 3.41. The van der Waals surface area contributed by atoms with Crippen molar-refractivity contribution in [1.29, 1.82) is 0 Å². The van der Waals surface area contributed by atoms with Gasteiger partial charge in [0.15, 0.2) is 0 Å². The molecule has 0 aliphatic rings. The normalized spacial score (nSPS) is 10.3. The van der Waals surface area contributed by atoms with Gasteiger partial charge in [-0.25, -0.2) is 0 Å². The van der Waals surface area contributed by atoms with Crippen molar-refractivity contribution in [3.63, 3.8) is 0 Å². The minimum Gasteiger partial charge on any atom is -0.384 e. The first-order chi connectivity index (χ1) is 6.36. The van der Waals surface area contributed by atoms with E-state index >= 15 is 0 Å². The highest BCUT2D eigenvalue weighted by molar-refractivity contribution is 5.40. The lowest BCUT2D eigenvalue weighted by Crippen LogP contribution is -2.00. The van der Waals surface area contributed by atoms with Crippen molar-refractivity contribution in [3.05, 3.63) is 18.5 Å². The summed E-state index contributed by atoms with van der Waals surface area (Å²) in [6.45, 7) is 6.53. The summed E-state index contributed by atoms with van der Waals surface area (Å²) in [5.74, 6) is 0. The van der Waals surface area contributed by atoms with Crippen LogP contribution in [0, 0.1) is 0 Å². The zero-order chi connectivity index (χ0) is 9.52. The van der Waals surface area contributed by atoms with Crippen molar-refractivity contribution in [1.82, 2.24) is 4.57 Å². The number of aryl methyl sites for hydroxylation is 1. The first kappa shape index (κ1) is 10.2. The van der Waals surface area contributed by atoms with Crippen LogP contribution in [0.1, 0.15) is 33.1 Å². The summed E-state index contributed by atoms with van der Waals surface area (Å²) < 4.78 is 2.18. The predicted molar refractivity (Wildman–Crippen MR) is 58.1 cm³/mol. The van der Waals surface area contributed by atoms with Crippen molar-refractivity contribution < 1.29 is 0 Å². The maximum Gasteiger partial charge on any atom is 0.0519 e. The van der Waals surface area contributed by atoms with Crippen LogP contribution in [0.15, 0.2) is 18.5 Å². The molecule has 0 saturated carbocycles. The van der Waals surface area contributed by atoms with E-state index in [1.807, 2.05) is 0 Å². The van der Waals surface area contributed by atoms with Crippen molar-refractivity contribution in [2.24, 2.45) is 0 Å². The molecular formula is C11H20N2. The summed E-state index contributed by atoms with van der Waals surface area (Å²) in [6.07, 6.45) is 8.15. The van der Waals surface area contributed by atoms with E-state index in [1.54, 1.807) is 0 Å². The Hall–Kier alpha value is -0.920. The summed E-state index contributed by atoms with van der Waals surface area (Å²) in [5.41, 5.74) is 1.25. The zero-order valence-corrected chi connectivity index (χ0v) is 8.71. The van der Waals surface area contributed by atoms with Crippen molar-refractivity contribution >= 4 is 5.69 Å². The molecule has 0 saturated heterocycles. The fraction of sp³-hybridized carbons (Fsp3) is 0.636. The Balaban J connectivity index is 2.20. The molecule has 0 bridgehead atoms. The van der Waals surface area contributed by atoms with Gasteiger partial charge in [0.25, 0.3) is 0 Å². The molecule has 0 atom stereocenters. The van der Waals surface area contributed by atoms with Gasteiger partial charge in [-0.15, -0.1) is 0 Å². The molecule has 2 nitrogen and oxygen atoms in total. The number of aromatic nitrogens is 1. The van der Waals surface area contributed by atoms with Gasteiger partial charge in [-0.2, -0.15) is 0 Å². The molecule has 0 spiro atoms. The molecule has 13 heavy (non-hydrogen) atoms. The Morgan fingerprint density at radius 1 is 1.31 bits per heavy atom. The number of nitrogens with zero attached hydrogens (tertiary/aromatic N) is 1. The first-order valence-corrected chi connectivity index (χ1v) is 5.26. The summed E-state index contributed by atoms with van der Waals surface area (Å²) in [4.78, 5) is 0. The van der Waals surface area contributed by atoms with Crippen molar-refractivity contribution in [2.45, 2.75) is 39.7 Å². The molecule has 0 radical (unpaired) electrons. The van der Waals surface area contributed by atoms with E-state index in [4.69, 9.17) is 0 Å². The molecule has 74 valence electrons. The average Bonchev–Trinajstić information content (AvgIpc) is 2.60. The molecule has 1 aromatic rings. The van der Waals surface area contributed by atoms with Crippen LogP contribution in [0.2, 0.25) is 0 Å². The topological polar surface area (TPSA) is 17.0 Å². The summed E-state index contributed by atoms with van der Waals surface area (Å²) >= 11 is 0. The van der Waals surface area contributed by atoms with Crippen LogP contribution >= 0.6 is 0 Å². The highest BCUT2D eigenvalue weighted by Crippen LogP contribution is 2.07. The third-order valence-corrected chi connectivity index (χ3v) is 2.23. The van der Waals surface area contributed by atoms with Gasteiger partial charge in [-0.1, -0.05) is 19.8 Å². The van der Waals surface area contributed by atoms with E-state index in [-0.39, 0.29) is 0 Å². The molecule has 0 unspecified atom stereocenters. The van der Waals surface area contributed by atoms with Crippen LogP contribution in [0.25, 0.3) is 0 Å². The minimum atomic E-state index is 1.05. The van der Waals surface area contributed by atoms with Gasteiger partial charge in [-0.05, 0) is 19.4 Å². The Morgan fingerprint density at radius 3 is 2.77 bits per heavy atom. The lowest BCUT2D eigenvalue weighted by Gasteiger charge is -2.02. The quantitative estimate of drug-likeness (QED) is 0.666. The zero-order valence-electron chi connectivity index (χ0n) is 8.71. The van der Waals surface area contributed by atoms with Gasteiger partial charge in [0.05, 0.1) is 5.69 Å². The van der Waals surface area contributed by atoms with Gasteiger partial charge in [-0.3, -0.25) is 0 Å². The standard InChI is InChI=1S/C11H20N2/c1-3-5-6-8-12-11-7-9-13(4-2)10-11/h7,9-10,12H,3-6,8H2,1-2H3. The van der Waals surface area contributed by atoms with Crippen LogP contribution in [0.5, 0.6) is 0 Å². The monoisotopic (exact) mass is 180 g/mol. The van der Waals surface area contributed by atoms with Crippen LogP contribution in [-0.4, -0.2) is 11.1 Å². The number of hydrogen-bond donors (Lipinski definition) is 1. The average molecular weight is 180 g/mol. The van der Waals surface area contributed by atoms with E-state index in [1.165, 1.54) is 24.9 Å². The van der Waals surface area contributed by atoms with Crippen LogP contribution in [-0.2, 0) is 6.54 Å². The molecule has 1 N–H and O–H groups in total. The summed E-state index contributed by atoms with van der Waals surface area (Å²) in [5, 5.41) is 3.41. The molecule has 0 amide bonds. The second-order valence-corrected chi connectivity index (χ2v) is 3.36. The van der Waals surface area contributed by atoms with E-state index in [0.29, 0.717) is 0 Å². The Morgan fingerprint density at radius 2 is 2.15 bits per heavy atom. The van der Waals surface area contributed by atoms with Crippen LogP contribution in [0.4, 0.5) is 5.69 Å². The minimum absolute atomic E-state index is 1.05. The molecule has 0 fully saturated rings. The van der Waals surface area contributed by atoms with Gasteiger partial charge >= 0.3 is 0 Å². The number of nitrogens with one attached hydrogen (secondary N) is 1. The predicted octanol–water partition coefficient (Wildman–Crippen LogP) is 3.11. The fourth-order valence-corrected chi connectivity index (χ4v) is 1.35. The Labute approximate surface area is 81.0 Å². The first-order valence-electron chi connectivity index (χ1n) is 5.26. The van der Waals surface area contributed by atoms with E-state index in [9.17, 15) is 0 Å².